The van der Waals surface area contributed by atoms with Gasteiger partial charge in [-0.2, -0.15) is 5.10 Å². The van der Waals surface area contributed by atoms with E-state index in [2.05, 4.69) is 9.84 Å². The smallest absolute Gasteiger partial charge is 0.337 e. The maximum atomic E-state index is 12.3. The van der Waals surface area contributed by atoms with Crippen LogP contribution in [0.2, 0.25) is 5.02 Å². The van der Waals surface area contributed by atoms with Crippen LogP contribution in [0.3, 0.4) is 0 Å². The lowest BCUT2D eigenvalue weighted by Gasteiger charge is -2.20. The summed E-state index contributed by atoms with van der Waals surface area (Å²) in [7, 11) is 1.34. The lowest BCUT2D eigenvalue weighted by Crippen LogP contribution is -2.36. The van der Waals surface area contributed by atoms with E-state index in [9.17, 15) is 9.59 Å². The third-order valence-electron chi connectivity index (χ3n) is 3.37. The van der Waals surface area contributed by atoms with Gasteiger partial charge in [0.15, 0.2) is 0 Å². The molecule has 0 radical (unpaired) electrons. The van der Waals surface area contributed by atoms with E-state index in [1.807, 2.05) is 20.8 Å². The third kappa shape index (κ3) is 3.92. The van der Waals surface area contributed by atoms with Crippen LogP contribution in [-0.2, 0) is 10.3 Å². The van der Waals surface area contributed by atoms with Gasteiger partial charge in [-0.15, -0.1) is 0 Å². The second kappa shape index (κ2) is 7.01. The number of ether oxygens (including phenoxy) is 1. The van der Waals surface area contributed by atoms with E-state index in [-0.39, 0.29) is 16.6 Å². The van der Waals surface area contributed by atoms with Crippen LogP contribution in [0.15, 0.2) is 35.3 Å². The molecule has 2 aromatic rings. The van der Waals surface area contributed by atoms with Gasteiger partial charge >= 0.3 is 5.97 Å². The fourth-order valence-corrected chi connectivity index (χ4v) is 2.27. The van der Waals surface area contributed by atoms with E-state index >= 15 is 0 Å². The number of carbonyl (C=O) groups is 1. The van der Waals surface area contributed by atoms with Gasteiger partial charge in [0.25, 0.3) is 5.56 Å². The number of hydrogen-bond acceptors (Lipinski definition) is 4. The van der Waals surface area contributed by atoms with E-state index in [4.69, 9.17) is 11.6 Å². The van der Waals surface area contributed by atoms with Crippen molar-refractivity contribution in [2.75, 3.05) is 7.11 Å². The molecule has 1 aromatic heterocycles. The molecule has 5 nitrogen and oxygen atoms in total. The molecule has 0 aliphatic heterocycles. The molecule has 1 aromatic carbocycles. The van der Waals surface area contributed by atoms with Gasteiger partial charge < -0.3 is 4.74 Å². The molecule has 126 valence electrons. The predicted molar refractivity (Wildman–Crippen MR) is 95.2 cm³/mol. The molecule has 1 heterocycles. The Labute approximate surface area is 145 Å². The van der Waals surface area contributed by atoms with Crippen molar-refractivity contribution in [2.24, 2.45) is 0 Å². The summed E-state index contributed by atoms with van der Waals surface area (Å²) in [6.07, 6.45) is 5.08. The van der Waals surface area contributed by atoms with Crippen molar-refractivity contribution in [2.45, 2.75) is 26.3 Å². The van der Waals surface area contributed by atoms with Crippen LogP contribution in [0.25, 0.3) is 12.2 Å². The van der Waals surface area contributed by atoms with E-state index in [1.54, 1.807) is 42.6 Å². The Hall–Kier alpha value is -2.40. The number of halogens is 1. The average Bonchev–Trinajstić information content (AvgIpc) is 2.54. The highest BCUT2D eigenvalue weighted by atomic mass is 35.5. The summed E-state index contributed by atoms with van der Waals surface area (Å²) in [5.74, 6) is -0.386. The Kier molecular flexibility index (Phi) is 5.24. The summed E-state index contributed by atoms with van der Waals surface area (Å²) in [5, 5.41) is 4.31. The lowest BCUT2D eigenvalue weighted by molar-refractivity contribution is 0.0600. The van der Waals surface area contributed by atoms with E-state index < -0.39 is 5.54 Å². The summed E-state index contributed by atoms with van der Waals surface area (Å²) < 4.78 is 6.01. The highest BCUT2D eigenvalue weighted by molar-refractivity contribution is 6.31. The monoisotopic (exact) mass is 346 g/mol. The molecule has 0 aliphatic rings. The largest absolute Gasteiger partial charge is 0.465 e. The van der Waals surface area contributed by atoms with Gasteiger partial charge in [0.05, 0.1) is 24.4 Å². The quantitative estimate of drug-likeness (QED) is 0.796. The molecule has 0 bridgehead atoms. The van der Waals surface area contributed by atoms with Crippen LogP contribution < -0.4 is 5.56 Å². The Bertz CT molecular complexity index is 831. The topological polar surface area (TPSA) is 61.2 Å². The van der Waals surface area contributed by atoms with Crippen LogP contribution in [0.4, 0.5) is 0 Å². The molecular weight excluding hydrogens is 328 g/mol. The summed E-state index contributed by atoms with van der Waals surface area (Å²) in [4.78, 5) is 23.7. The second-order valence-corrected chi connectivity index (χ2v) is 6.63. The van der Waals surface area contributed by atoms with Crippen LogP contribution in [0.1, 0.15) is 42.3 Å². The summed E-state index contributed by atoms with van der Waals surface area (Å²) >= 11 is 6.17. The molecule has 0 N–H and O–H groups in total. The Morgan fingerprint density at radius 3 is 2.38 bits per heavy atom. The fourth-order valence-electron chi connectivity index (χ4n) is 2.07. The molecule has 2 rings (SSSR count). The van der Waals surface area contributed by atoms with E-state index in [1.165, 1.54) is 11.8 Å². The molecule has 0 saturated carbocycles. The molecule has 24 heavy (non-hydrogen) atoms. The Morgan fingerprint density at radius 1 is 1.21 bits per heavy atom. The zero-order valence-electron chi connectivity index (χ0n) is 14.0. The Morgan fingerprint density at radius 2 is 1.83 bits per heavy atom. The number of benzene rings is 1. The molecule has 0 amide bonds. The lowest BCUT2D eigenvalue weighted by atomic mass is 10.1. The first-order valence-electron chi connectivity index (χ1n) is 7.39. The molecule has 0 atom stereocenters. The minimum atomic E-state index is -0.438. The number of aromatic nitrogens is 2. The molecule has 0 saturated heterocycles. The first kappa shape index (κ1) is 17.9. The summed E-state index contributed by atoms with van der Waals surface area (Å²) in [5.41, 5.74) is 1.11. The number of carbonyl (C=O) groups excluding carboxylic acids is 1. The highest BCUT2D eigenvalue weighted by Gasteiger charge is 2.18. The number of nitrogens with zero attached hydrogens (tertiary/aromatic N) is 2. The van der Waals surface area contributed by atoms with Gasteiger partial charge in [-0.25, -0.2) is 9.48 Å². The SMILES string of the molecule is COC(=O)c1ccc(/C=C/c2cnn(C(C)(C)C)c(=O)c2Cl)cc1. The first-order valence-corrected chi connectivity index (χ1v) is 7.76. The van der Waals surface area contributed by atoms with Crippen molar-refractivity contribution in [3.05, 3.63) is 62.5 Å². The third-order valence-corrected chi connectivity index (χ3v) is 3.75. The summed E-state index contributed by atoms with van der Waals surface area (Å²) in [6, 6.07) is 6.90. The minimum absolute atomic E-state index is 0.127. The summed E-state index contributed by atoms with van der Waals surface area (Å²) in [6.45, 7) is 5.66. The van der Waals surface area contributed by atoms with Crippen molar-refractivity contribution >= 4 is 29.7 Å². The number of hydrogen-bond donors (Lipinski definition) is 0. The van der Waals surface area contributed by atoms with E-state index in [0.717, 1.165) is 5.56 Å². The average molecular weight is 347 g/mol. The molecular formula is C18H19ClN2O3. The second-order valence-electron chi connectivity index (χ2n) is 6.25. The van der Waals surface area contributed by atoms with Crippen LogP contribution in [0, 0.1) is 0 Å². The van der Waals surface area contributed by atoms with Gasteiger partial charge in [-0.3, -0.25) is 4.79 Å². The zero-order chi connectivity index (χ0) is 17.9. The van der Waals surface area contributed by atoms with Crippen LogP contribution >= 0.6 is 11.6 Å². The van der Waals surface area contributed by atoms with Crippen molar-refractivity contribution in [1.82, 2.24) is 9.78 Å². The van der Waals surface area contributed by atoms with Gasteiger partial charge in [-0.1, -0.05) is 35.9 Å². The van der Waals surface area contributed by atoms with Gasteiger partial charge in [0.1, 0.15) is 5.02 Å². The van der Waals surface area contributed by atoms with Gasteiger partial charge in [-0.05, 0) is 38.5 Å². The highest BCUT2D eigenvalue weighted by Crippen LogP contribution is 2.17. The standard InChI is InChI=1S/C18H19ClN2O3/c1-18(2,3)21-16(22)15(19)14(11-20-21)10-7-12-5-8-13(9-6-12)17(23)24-4/h5-11H,1-4H3/b10-7+. The van der Waals surface area contributed by atoms with E-state index in [0.29, 0.717) is 11.1 Å². The van der Waals surface area contributed by atoms with Crippen molar-refractivity contribution in [3.63, 3.8) is 0 Å². The minimum Gasteiger partial charge on any atom is -0.465 e. The number of esters is 1. The normalized spacial score (nSPS) is 11.7. The molecule has 6 heteroatoms. The van der Waals surface area contributed by atoms with Crippen LogP contribution in [-0.4, -0.2) is 22.9 Å². The number of rotatable bonds is 3. The molecule has 0 fully saturated rings. The van der Waals surface area contributed by atoms with Gasteiger partial charge in [0, 0.05) is 5.56 Å². The molecule has 0 aliphatic carbocycles. The maximum absolute atomic E-state index is 12.3. The Balaban J connectivity index is 2.28. The van der Waals surface area contributed by atoms with Crippen molar-refractivity contribution in [3.8, 4) is 0 Å². The number of methoxy groups -OCH3 is 1. The molecule has 0 unspecified atom stereocenters. The predicted octanol–water partition coefficient (Wildman–Crippen LogP) is 3.61. The van der Waals surface area contributed by atoms with Gasteiger partial charge in [0.2, 0.25) is 0 Å². The molecule has 0 spiro atoms. The zero-order valence-corrected chi connectivity index (χ0v) is 14.8. The van der Waals surface area contributed by atoms with Crippen molar-refractivity contribution < 1.29 is 9.53 Å². The van der Waals surface area contributed by atoms with Crippen LogP contribution in [0.5, 0.6) is 0 Å². The maximum Gasteiger partial charge on any atom is 0.337 e. The fraction of sp³-hybridized carbons (Fsp3) is 0.278. The first-order chi connectivity index (χ1) is 11.2. The van der Waals surface area contributed by atoms with Crippen molar-refractivity contribution in [1.29, 1.82) is 0 Å².